The molecule has 0 spiro atoms. The van der Waals surface area contributed by atoms with Crippen LogP contribution in [0.2, 0.25) is 0 Å². The molecule has 0 aliphatic heterocycles. The van der Waals surface area contributed by atoms with Gasteiger partial charge in [-0.25, -0.2) is 8.78 Å². The first-order valence-electron chi connectivity index (χ1n) is 6.73. The summed E-state index contributed by atoms with van der Waals surface area (Å²) in [5, 5.41) is 0. The average Bonchev–Trinajstić information content (AvgIpc) is 2.52. The third kappa shape index (κ3) is 5.74. The van der Waals surface area contributed by atoms with Gasteiger partial charge in [-0.05, 0) is 42.0 Å². The van der Waals surface area contributed by atoms with Crippen molar-refractivity contribution < 1.29 is 23.1 Å². The second-order valence-electron chi connectivity index (χ2n) is 4.65. The topological polar surface area (TPSA) is 67.4 Å². The van der Waals surface area contributed by atoms with Crippen LogP contribution in [0, 0.1) is 11.6 Å². The molecule has 120 valence electrons. The lowest BCUT2D eigenvalue weighted by Crippen LogP contribution is -2.44. The number of amides is 2. The maximum Gasteiger partial charge on any atom is 0.276 e. The SMILES string of the molecule is O=C(COc1ccc(F)cc1)NNC(=O)Cc1cccc(F)c1. The molecule has 23 heavy (non-hydrogen) atoms. The molecule has 2 rings (SSSR count). The zero-order chi connectivity index (χ0) is 16.7. The minimum absolute atomic E-state index is 0.0726. The average molecular weight is 320 g/mol. The second kappa shape index (κ2) is 7.88. The van der Waals surface area contributed by atoms with E-state index in [2.05, 4.69) is 10.9 Å². The first-order valence-corrected chi connectivity index (χ1v) is 6.73. The number of nitrogens with one attached hydrogen (secondary N) is 2. The fourth-order valence-electron chi connectivity index (χ4n) is 1.73. The molecular weight excluding hydrogens is 306 g/mol. The van der Waals surface area contributed by atoms with Crippen molar-refractivity contribution in [3.8, 4) is 5.75 Å². The van der Waals surface area contributed by atoms with Crippen LogP contribution in [0.4, 0.5) is 8.78 Å². The number of hydrogen-bond donors (Lipinski definition) is 2. The number of rotatable bonds is 5. The molecule has 5 nitrogen and oxygen atoms in total. The fourth-order valence-corrected chi connectivity index (χ4v) is 1.73. The highest BCUT2D eigenvalue weighted by Crippen LogP contribution is 2.10. The van der Waals surface area contributed by atoms with Gasteiger partial charge in [-0.1, -0.05) is 12.1 Å². The van der Waals surface area contributed by atoms with Gasteiger partial charge in [0.2, 0.25) is 5.91 Å². The highest BCUT2D eigenvalue weighted by Gasteiger charge is 2.07. The predicted molar refractivity (Wildman–Crippen MR) is 78.3 cm³/mol. The molecule has 0 fully saturated rings. The number of benzene rings is 2. The molecule has 2 amide bonds. The zero-order valence-electron chi connectivity index (χ0n) is 12.0. The van der Waals surface area contributed by atoms with Gasteiger partial charge in [-0.2, -0.15) is 0 Å². The summed E-state index contributed by atoms with van der Waals surface area (Å²) in [4.78, 5) is 23.1. The molecule has 2 aromatic rings. The monoisotopic (exact) mass is 320 g/mol. The molecule has 0 atom stereocenters. The summed E-state index contributed by atoms with van der Waals surface area (Å²) in [5.74, 6) is -1.60. The lowest BCUT2D eigenvalue weighted by Gasteiger charge is -2.09. The highest BCUT2D eigenvalue weighted by atomic mass is 19.1. The Morgan fingerprint density at radius 2 is 1.61 bits per heavy atom. The number of hydrogen-bond acceptors (Lipinski definition) is 3. The Hall–Kier alpha value is -2.96. The van der Waals surface area contributed by atoms with Crippen molar-refractivity contribution in [2.75, 3.05) is 6.61 Å². The van der Waals surface area contributed by atoms with Gasteiger partial charge in [0.05, 0.1) is 6.42 Å². The van der Waals surface area contributed by atoms with E-state index in [0.717, 1.165) is 0 Å². The van der Waals surface area contributed by atoms with Crippen molar-refractivity contribution in [3.05, 3.63) is 65.7 Å². The lowest BCUT2D eigenvalue weighted by atomic mass is 10.1. The molecule has 0 bridgehead atoms. The molecule has 2 aromatic carbocycles. The van der Waals surface area contributed by atoms with Gasteiger partial charge in [-0.15, -0.1) is 0 Å². The third-order valence-corrected chi connectivity index (χ3v) is 2.78. The maximum absolute atomic E-state index is 13.0. The Labute approximate surface area is 131 Å². The minimum Gasteiger partial charge on any atom is -0.484 e. The predicted octanol–water partition coefficient (Wildman–Crippen LogP) is 1.73. The Morgan fingerprint density at radius 1 is 0.913 bits per heavy atom. The molecule has 0 saturated carbocycles. The van der Waals surface area contributed by atoms with Gasteiger partial charge < -0.3 is 4.74 Å². The van der Waals surface area contributed by atoms with Gasteiger partial charge in [0.1, 0.15) is 17.4 Å². The van der Waals surface area contributed by atoms with Crippen LogP contribution in [0.5, 0.6) is 5.75 Å². The highest BCUT2D eigenvalue weighted by molar-refractivity contribution is 5.83. The summed E-state index contributed by atoms with van der Waals surface area (Å²) in [6.45, 7) is -0.341. The summed E-state index contributed by atoms with van der Waals surface area (Å²) in [5.41, 5.74) is 4.85. The Kier molecular flexibility index (Phi) is 5.62. The molecule has 0 saturated heterocycles. The van der Waals surface area contributed by atoms with Crippen LogP contribution in [-0.4, -0.2) is 18.4 Å². The van der Waals surface area contributed by atoms with Crippen LogP contribution in [-0.2, 0) is 16.0 Å². The smallest absolute Gasteiger partial charge is 0.276 e. The number of ether oxygens (including phenoxy) is 1. The zero-order valence-corrected chi connectivity index (χ0v) is 12.0. The minimum atomic E-state index is -0.582. The number of hydrazine groups is 1. The molecule has 0 radical (unpaired) electrons. The Balaban J connectivity index is 1.71. The van der Waals surface area contributed by atoms with Crippen molar-refractivity contribution in [2.45, 2.75) is 6.42 Å². The van der Waals surface area contributed by atoms with E-state index in [1.807, 2.05) is 0 Å². The third-order valence-electron chi connectivity index (χ3n) is 2.78. The Morgan fingerprint density at radius 3 is 2.30 bits per heavy atom. The van der Waals surface area contributed by atoms with Crippen LogP contribution in [0.1, 0.15) is 5.56 Å². The van der Waals surface area contributed by atoms with E-state index < -0.39 is 23.4 Å². The molecule has 0 aromatic heterocycles. The van der Waals surface area contributed by atoms with Crippen LogP contribution in [0.3, 0.4) is 0 Å². The van der Waals surface area contributed by atoms with E-state index >= 15 is 0 Å². The first kappa shape index (κ1) is 16.4. The Bertz CT molecular complexity index is 690. The van der Waals surface area contributed by atoms with Crippen LogP contribution in [0.15, 0.2) is 48.5 Å². The summed E-state index contributed by atoms with van der Waals surface area (Å²) in [6.07, 6.45) is -0.0726. The van der Waals surface area contributed by atoms with Crippen molar-refractivity contribution in [3.63, 3.8) is 0 Å². The van der Waals surface area contributed by atoms with Gasteiger partial charge >= 0.3 is 0 Å². The molecule has 0 unspecified atom stereocenters. The van der Waals surface area contributed by atoms with Crippen LogP contribution < -0.4 is 15.6 Å². The van der Waals surface area contributed by atoms with E-state index in [1.54, 1.807) is 6.07 Å². The molecule has 2 N–H and O–H groups in total. The van der Waals surface area contributed by atoms with Gasteiger partial charge in [0.25, 0.3) is 5.91 Å². The molecule has 0 aliphatic rings. The second-order valence-corrected chi connectivity index (χ2v) is 4.65. The molecular formula is C16H14F2N2O3. The van der Waals surface area contributed by atoms with E-state index in [4.69, 9.17) is 4.74 Å². The molecule has 7 heteroatoms. The van der Waals surface area contributed by atoms with Gasteiger partial charge in [-0.3, -0.25) is 20.4 Å². The van der Waals surface area contributed by atoms with Crippen LogP contribution >= 0.6 is 0 Å². The van der Waals surface area contributed by atoms with Gasteiger partial charge in [0.15, 0.2) is 6.61 Å². The largest absolute Gasteiger partial charge is 0.484 e. The quantitative estimate of drug-likeness (QED) is 0.825. The number of carbonyl (C=O) groups excluding carboxylic acids is 2. The van der Waals surface area contributed by atoms with Crippen LogP contribution in [0.25, 0.3) is 0 Å². The fraction of sp³-hybridized carbons (Fsp3) is 0.125. The van der Waals surface area contributed by atoms with E-state index in [1.165, 1.54) is 42.5 Å². The van der Waals surface area contributed by atoms with Crippen molar-refractivity contribution in [1.82, 2.24) is 10.9 Å². The maximum atomic E-state index is 13.0. The summed E-state index contributed by atoms with van der Waals surface area (Å²) < 4.78 is 30.8. The van der Waals surface area contributed by atoms with Crippen molar-refractivity contribution in [2.24, 2.45) is 0 Å². The van der Waals surface area contributed by atoms with E-state index in [9.17, 15) is 18.4 Å². The van der Waals surface area contributed by atoms with E-state index in [0.29, 0.717) is 11.3 Å². The van der Waals surface area contributed by atoms with Gasteiger partial charge in [0, 0.05) is 0 Å². The van der Waals surface area contributed by atoms with Crippen molar-refractivity contribution in [1.29, 1.82) is 0 Å². The summed E-state index contributed by atoms with van der Waals surface area (Å²) in [6, 6.07) is 10.8. The normalized spacial score (nSPS) is 10.0. The first-order chi connectivity index (χ1) is 11.0. The lowest BCUT2D eigenvalue weighted by molar-refractivity contribution is -0.129. The summed E-state index contributed by atoms with van der Waals surface area (Å²) >= 11 is 0. The number of halogens is 2. The number of carbonyl (C=O) groups is 2. The summed E-state index contributed by atoms with van der Waals surface area (Å²) in [7, 11) is 0. The van der Waals surface area contributed by atoms with Crippen molar-refractivity contribution >= 4 is 11.8 Å². The van der Waals surface area contributed by atoms with E-state index in [-0.39, 0.29) is 13.0 Å². The molecule has 0 heterocycles. The standard InChI is InChI=1S/C16H14F2N2O3/c17-12-4-6-14(7-5-12)23-10-16(22)20-19-15(21)9-11-2-1-3-13(18)8-11/h1-8H,9-10H2,(H,19,21)(H,20,22). The molecule has 0 aliphatic carbocycles.